The number of hydrogen-bond donors (Lipinski definition) is 1. The number of aromatic nitrogens is 1. The predicted molar refractivity (Wildman–Crippen MR) is 103 cm³/mol. The van der Waals surface area contributed by atoms with Crippen molar-refractivity contribution in [3.8, 4) is 0 Å². The molecule has 25 heavy (non-hydrogen) atoms. The number of carbonyl (C=O) groups is 1. The average molecular weight is 358 g/mol. The Morgan fingerprint density at radius 2 is 1.92 bits per heavy atom. The highest BCUT2D eigenvalue weighted by atomic mass is 32.1. The van der Waals surface area contributed by atoms with Gasteiger partial charge in [0.05, 0.1) is 23.2 Å². The van der Waals surface area contributed by atoms with Gasteiger partial charge in [0, 0.05) is 11.9 Å². The Morgan fingerprint density at radius 1 is 1.20 bits per heavy atom. The lowest BCUT2D eigenvalue weighted by Gasteiger charge is -2.31. The molecule has 0 saturated carbocycles. The molecule has 1 aromatic carbocycles. The smallest absolute Gasteiger partial charge is 0.226 e. The average Bonchev–Trinajstić information content (AvgIpc) is 2.86. The lowest BCUT2D eigenvalue weighted by molar-refractivity contribution is -0.120. The molecule has 0 bridgehead atoms. The molecule has 3 rings (SSSR count). The normalized spacial score (nSPS) is 17.0. The van der Waals surface area contributed by atoms with E-state index in [1.807, 2.05) is 18.4 Å². The summed E-state index contributed by atoms with van der Waals surface area (Å²) in [4.78, 5) is 19.3. The molecular formula is C20H27N3OS. The Labute approximate surface area is 154 Å². The van der Waals surface area contributed by atoms with Crippen molar-refractivity contribution in [1.29, 1.82) is 0 Å². The number of nitrogens with one attached hydrogen (secondary N) is 1. The van der Waals surface area contributed by atoms with Crippen molar-refractivity contribution >= 4 is 17.2 Å². The Morgan fingerprint density at radius 3 is 2.56 bits per heavy atom. The highest BCUT2D eigenvalue weighted by Gasteiger charge is 2.22. The molecule has 4 nitrogen and oxygen atoms in total. The van der Waals surface area contributed by atoms with Crippen LogP contribution in [0.2, 0.25) is 0 Å². The van der Waals surface area contributed by atoms with Crippen molar-refractivity contribution in [2.45, 2.75) is 45.1 Å². The van der Waals surface area contributed by atoms with Crippen LogP contribution >= 0.6 is 11.3 Å². The fourth-order valence-electron chi connectivity index (χ4n) is 3.47. The second-order valence-electron chi connectivity index (χ2n) is 6.72. The van der Waals surface area contributed by atoms with Crippen molar-refractivity contribution in [2.24, 2.45) is 0 Å². The van der Waals surface area contributed by atoms with E-state index in [2.05, 4.69) is 39.5 Å². The first-order valence-electron chi connectivity index (χ1n) is 9.19. The number of benzene rings is 1. The number of amides is 1. The van der Waals surface area contributed by atoms with Gasteiger partial charge in [-0.3, -0.25) is 9.69 Å². The summed E-state index contributed by atoms with van der Waals surface area (Å²) in [5.41, 5.74) is 2.15. The van der Waals surface area contributed by atoms with Gasteiger partial charge in [0.15, 0.2) is 0 Å². The number of aryl methyl sites for hydroxylation is 1. The lowest BCUT2D eigenvalue weighted by atomic mass is 10.0. The SMILES string of the molecule is Cc1nc(CC(=O)NCC(c2ccccc2)N2CCCCCC2)cs1. The molecule has 0 spiro atoms. The maximum Gasteiger partial charge on any atom is 0.226 e. The van der Waals surface area contributed by atoms with Gasteiger partial charge >= 0.3 is 0 Å². The lowest BCUT2D eigenvalue weighted by Crippen LogP contribution is -2.39. The number of nitrogens with zero attached hydrogens (tertiary/aromatic N) is 2. The van der Waals surface area contributed by atoms with E-state index >= 15 is 0 Å². The fraction of sp³-hybridized carbons (Fsp3) is 0.500. The number of rotatable bonds is 6. The molecule has 1 aromatic heterocycles. The molecule has 0 aliphatic carbocycles. The van der Waals surface area contributed by atoms with E-state index < -0.39 is 0 Å². The molecule has 134 valence electrons. The minimum atomic E-state index is 0.0565. The number of likely N-dealkylation sites (tertiary alicyclic amines) is 1. The third-order valence-corrected chi connectivity index (χ3v) is 5.59. The molecule has 1 aliphatic heterocycles. The van der Waals surface area contributed by atoms with Crippen LogP contribution in [0.1, 0.15) is 48.0 Å². The third-order valence-electron chi connectivity index (χ3n) is 4.77. The zero-order valence-electron chi connectivity index (χ0n) is 14.9. The van der Waals surface area contributed by atoms with Crippen LogP contribution in [0.3, 0.4) is 0 Å². The van der Waals surface area contributed by atoms with Gasteiger partial charge in [-0.25, -0.2) is 4.98 Å². The number of hydrogen-bond acceptors (Lipinski definition) is 4. The maximum absolute atomic E-state index is 12.3. The van der Waals surface area contributed by atoms with Crippen molar-refractivity contribution in [3.63, 3.8) is 0 Å². The van der Waals surface area contributed by atoms with E-state index in [0.717, 1.165) is 23.8 Å². The van der Waals surface area contributed by atoms with E-state index in [-0.39, 0.29) is 11.9 Å². The molecular weight excluding hydrogens is 330 g/mol. The van der Waals surface area contributed by atoms with E-state index in [9.17, 15) is 4.79 Å². The number of carbonyl (C=O) groups excluding carboxylic acids is 1. The summed E-state index contributed by atoms with van der Waals surface area (Å²) in [6.07, 6.45) is 5.48. The van der Waals surface area contributed by atoms with Gasteiger partial charge in [-0.2, -0.15) is 0 Å². The summed E-state index contributed by atoms with van der Waals surface area (Å²) in [6.45, 7) is 4.85. The summed E-state index contributed by atoms with van der Waals surface area (Å²) in [7, 11) is 0. The summed E-state index contributed by atoms with van der Waals surface area (Å²) >= 11 is 1.59. The first kappa shape index (κ1) is 18.1. The fourth-order valence-corrected chi connectivity index (χ4v) is 4.08. The summed E-state index contributed by atoms with van der Waals surface area (Å²) in [6, 6.07) is 10.8. The molecule has 1 amide bonds. The van der Waals surface area contributed by atoms with Gasteiger partial charge in [0.25, 0.3) is 0 Å². The monoisotopic (exact) mass is 357 g/mol. The van der Waals surface area contributed by atoms with Crippen LogP contribution in [-0.4, -0.2) is 35.4 Å². The van der Waals surface area contributed by atoms with Crippen molar-refractivity contribution < 1.29 is 4.79 Å². The molecule has 2 aromatic rings. The highest BCUT2D eigenvalue weighted by Crippen LogP contribution is 2.23. The standard InChI is InChI=1S/C20H27N3OS/c1-16-22-18(15-25-16)13-20(24)21-14-19(17-9-5-4-6-10-17)23-11-7-2-3-8-12-23/h4-6,9-10,15,19H,2-3,7-8,11-14H2,1H3,(H,21,24). The Kier molecular flexibility index (Phi) is 6.59. The van der Waals surface area contributed by atoms with Crippen LogP contribution in [0.5, 0.6) is 0 Å². The molecule has 5 heteroatoms. The molecule has 1 atom stereocenters. The third kappa shape index (κ3) is 5.38. The quantitative estimate of drug-likeness (QED) is 0.857. The molecule has 0 radical (unpaired) electrons. The summed E-state index contributed by atoms with van der Waals surface area (Å²) in [5.74, 6) is 0.0565. The topological polar surface area (TPSA) is 45.2 Å². The highest BCUT2D eigenvalue weighted by molar-refractivity contribution is 7.09. The van der Waals surface area contributed by atoms with Crippen molar-refractivity contribution in [2.75, 3.05) is 19.6 Å². The Balaban J connectivity index is 1.63. The van der Waals surface area contributed by atoms with Gasteiger partial charge in [0.1, 0.15) is 0 Å². The summed E-state index contributed by atoms with van der Waals surface area (Å²) in [5, 5.41) is 6.12. The molecule has 1 aliphatic rings. The molecule has 1 fully saturated rings. The van der Waals surface area contributed by atoms with Crippen LogP contribution in [0, 0.1) is 6.92 Å². The first-order valence-corrected chi connectivity index (χ1v) is 10.1. The van der Waals surface area contributed by atoms with E-state index in [1.165, 1.54) is 31.2 Å². The molecule has 1 unspecified atom stereocenters. The van der Waals surface area contributed by atoms with E-state index in [4.69, 9.17) is 0 Å². The Bertz CT molecular complexity index is 663. The minimum Gasteiger partial charge on any atom is -0.354 e. The van der Waals surface area contributed by atoms with Crippen LogP contribution in [0.4, 0.5) is 0 Å². The predicted octanol–water partition coefficient (Wildman–Crippen LogP) is 3.73. The van der Waals surface area contributed by atoms with Crippen molar-refractivity contribution in [3.05, 3.63) is 52.0 Å². The van der Waals surface area contributed by atoms with Gasteiger partial charge in [-0.15, -0.1) is 11.3 Å². The van der Waals surface area contributed by atoms with Crippen LogP contribution in [0.15, 0.2) is 35.7 Å². The van der Waals surface area contributed by atoms with Crippen LogP contribution in [-0.2, 0) is 11.2 Å². The molecule has 1 N–H and O–H groups in total. The zero-order valence-corrected chi connectivity index (χ0v) is 15.7. The second kappa shape index (κ2) is 9.11. The van der Waals surface area contributed by atoms with E-state index in [1.54, 1.807) is 11.3 Å². The minimum absolute atomic E-state index is 0.0565. The first-order chi connectivity index (χ1) is 12.2. The van der Waals surface area contributed by atoms with E-state index in [0.29, 0.717) is 13.0 Å². The summed E-state index contributed by atoms with van der Waals surface area (Å²) < 4.78 is 0. The maximum atomic E-state index is 12.3. The van der Waals surface area contributed by atoms with Crippen LogP contribution in [0.25, 0.3) is 0 Å². The van der Waals surface area contributed by atoms with Gasteiger partial charge in [0.2, 0.25) is 5.91 Å². The molecule has 1 saturated heterocycles. The van der Waals surface area contributed by atoms with Gasteiger partial charge in [-0.05, 0) is 38.4 Å². The largest absolute Gasteiger partial charge is 0.354 e. The molecule has 2 heterocycles. The second-order valence-corrected chi connectivity index (χ2v) is 7.78. The van der Waals surface area contributed by atoms with Crippen molar-refractivity contribution in [1.82, 2.24) is 15.2 Å². The van der Waals surface area contributed by atoms with Crippen LogP contribution < -0.4 is 5.32 Å². The van der Waals surface area contributed by atoms with Gasteiger partial charge < -0.3 is 5.32 Å². The Hall–Kier alpha value is -1.72. The zero-order chi connectivity index (χ0) is 17.5. The van der Waals surface area contributed by atoms with Gasteiger partial charge in [-0.1, -0.05) is 43.2 Å². The number of thiazole rings is 1.